The second-order valence-corrected chi connectivity index (χ2v) is 8.50. The predicted octanol–water partition coefficient (Wildman–Crippen LogP) is 2.21. The molecule has 0 radical (unpaired) electrons. The molecule has 0 atom stereocenters. The number of hydrogen-bond donors (Lipinski definition) is 2. The van der Waals surface area contributed by atoms with Crippen LogP contribution in [-0.4, -0.2) is 31.9 Å². The number of primary sulfonamides is 1. The Morgan fingerprint density at radius 2 is 1.59 bits per heavy atom. The minimum atomic E-state index is -3.91. The fourth-order valence-electron chi connectivity index (χ4n) is 2.78. The topological polar surface area (TPSA) is 127 Å². The molecule has 1 heterocycles. The number of carbonyl (C=O) groups is 2. The lowest BCUT2D eigenvalue weighted by Crippen LogP contribution is -2.31. The number of ether oxygens (including phenoxy) is 1. The van der Waals surface area contributed by atoms with Gasteiger partial charge in [0, 0.05) is 0 Å². The van der Waals surface area contributed by atoms with Crippen molar-refractivity contribution in [3.63, 3.8) is 0 Å². The normalized spacial score (nSPS) is 14.8. The number of sulfonamides is 1. The quantitative estimate of drug-likeness (QED) is 0.695. The zero-order valence-electron chi connectivity index (χ0n) is 15.8. The highest BCUT2D eigenvalue weighted by molar-refractivity contribution is 7.89. The van der Waals surface area contributed by atoms with Crippen LogP contribution in [0.2, 0.25) is 0 Å². The van der Waals surface area contributed by atoms with E-state index in [0.717, 1.165) is 4.90 Å². The molecule has 29 heavy (non-hydrogen) atoms. The van der Waals surface area contributed by atoms with Crippen molar-refractivity contribution in [1.82, 2.24) is 0 Å². The molecule has 0 saturated carbocycles. The molecule has 0 spiro atoms. The van der Waals surface area contributed by atoms with E-state index >= 15 is 0 Å². The van der Waals surface area contributed by atoms with Gasteiger partial charge in [0.25, 0.3) is 5.91 Å². The summed E-state index contributed by atoms with van der Waals surface area (Å²) >= 11 is 0. The Morgan fingerprint density at radius 3 is 2.10 bits per heavy atom. The highest BCUT2D eigenvalue weighted by Gasteiger charge is 2.40. The Kier molecular flexibility index (Phi) is 5.45. The van der Waals surface area contributed by atoms with E-state index in [1.165, 1.54) is 24.3 Å². The summed E-state index contributed by atoms with van der Waals surface area (Å²) in [5, 5.41) is 15.3. The molecule has 9 heteroatoms. The molecule has 2 amide bonds. The van der Waals surface area contributed by atoms with Crippen LogP contribution in [0.1, 0.15) is 19.4 Å². The van der Waals surface area contributed by atoms with Gasteiger partial charge in [-0.05, 0) is 47.9 Å². The Balaban J connectivity index is 1.87. The minimum absolute atomic E-state index is 0.117. The lowest BCUT2D eigenvalue weighted by molar-refractivity contribution is -0.121. The van der Waals surface area contributed by atoms with Gasteiger partial charge in [-0.2, -0.15) is 0 Å². The first-order valence-corrected chi connectivity index (χ1v) is 10.3. The molecular formula is C20H20N2O6S. The van der Waals surface area contributed by atoms with Crippen molar-refractivity contribution in [3.8, 4) is 5.75 Å². The summed E-state index contributed by atoms with van der Waals surface area (Å²) in [6.45, 7) is 4.57. The van der Waals surface area contributed by atoms with E-state index in [1.54, 1.807) is 24.3 Å². The fraction of sp³-hybridized carbons (Fsp3) is 0.200. The molecule has 3 N–H and O–H groups in total. The van der Waals surface area contributed by atoms with E-state index in [0.29, 0.717) is 23.8 Å². The van der Waals surface area contributed by atoms with Gasteiger partial charge in [0.05, 0.1) is 22.8 Å². The monoisotopic (exact) mass is 416 g/mol. The third-order valence-electron chi connectivity index (χ3n) is 4.21. The molecule has 1 aliphatic heterocycles. The van der Waals surface area contributed by atoms with E-state index in [4.69, 9.17) is 9.88 Å². The maximum absolute atomic E-state index is 12.8. The van der Waals surface area contributed by atoms with Gasteiger partial charge in [-0.1, -0.05) is 26.0 Å². The van der Waals surface area contributed by atoms with E-state index in [-0.39, 0.29) is 16.2 Å². The maximum atomic E-state index is 12.8. The molecule has 0 aromatic heterocycles. The first-order chi connectivity index (χ1) is 13.6. The highest BCUT2D eigenvalue weighted by atomic mass is 32.2. The molecule has 0 bridgehead atoms. The molecule has 1 aliphatic rings. The van der Waals surface area contributed by atoms with Crippen molar-refractivity contribution in [2.45, 2.75) is 18.7 Å². The zero-order valence-corrected chi connectivity index (χ0v) is 16.6. The summed E-state index contributed by atoms with van der Waals surface area (Å²) in [7, 11) is -3.91. The molecule has 2 aromatic carbocycles. The second-order valence-electron chi connectivity index (χ2n) is 6.94. The van der Waals surface area contributed by atoms with E-state index in [9.17, 15) is 23.1 Å². The molecule has 0 unspecified atom stereocenters. The Hall–Kier alpha value is -3.17. The van der Waals surface area contributed by atoms with Crippen molar-refractivity contribution in [1.29, 1.82) is 0 Å². The number of anilines is 1. The molecule has 152 valence electrons. The summed E-state index contributed by atoms with van der Waals surface area (Å²) < 4.78 is 28.3. The van der Waals surface area contributed by atoms with Crippen LogP contribution in [-0.2, 0) is 19.6 Å². The van der Waals surface area contributed by atoms with Gasteiger partial charge in [0.1, 0.15) is 5.75 Å². The lowest BCUT2D eigenvalue weighted by Gasteiger charge is -2.15. The first-order valence-electron chi connectivity index (χ1n) is 8.77. The average molecular weight is 416 g/mol. The predicted molar refractivity (Wildman–Crippen MR) is 107 cm³/mol. The van der Waals surface area contributed by atoms with Crippen molar-refractivity contribution in [3.05, 3.63) is 59.9 Å². The van der Waals surface area contributed by atoms with E-state index in [2.05, 4.69) is 0 Å². The van der Waals surface area contributed by atoms with Crippen LogP contribution < -0.4 is 14.8 Å². The number of carbonyl (C=O) groups excluding carboxylic acids is 2. The summed E-state index contributed by atoms with van der Waals surface area (Å²) in [6, 6.07) is 11.4. The largest absolute Gasteiger partial charge is 0.502 e. The van der Waals surface area contributed by atoms with E-state index in [1.807, 2.05) is 13.8 Å². The third-order valence-corrected chi connectivity index (χ3v) is 5.14. The Bertz CT molecular complexity index is 1090. The van der Waals surface area contributed by atoms with E-state index < -0.39 is 27.6 Å². The molecule has 8 nitrogen and oxygen atoms in total. The summed E-state index contributed by atoms with van der Waals surface area (Å²) in [5.74, 6) is -1.33. The SMILES string of the molecule is CC(C)COc1ccc(C2=C(O)C(=O)N(c3ccc(S(N)(=O)=O)cc3)C2=O)cc1. The lowest BCUT2D eigenvalue weighted by atomic mass is 10.1. The van der Waals surface area contributed by atoms with Crippen LogP contribution >= 0.6 is 0 Å². The highest BCUT2D eigenvalue weighted by Crippen LogP contribution is 2.33. The van der Waals surface area contributed by atoms with Crippen LogP contribution in [0.5, 0.6) is 5.75 Å². The number of aliphatic hydroxyl groups is 1. The van der Waals surface area contributed by atoms with Crippen molar-refractivity contribution in [2.24, 2.45) is 11.1 Å². The smallest absolute Gasteiger partial charge is 0.301 e. The number of benzene rings is 2. The number of aliphatic hydroxyl groups excluding tert-OH is 1. The molecule has 0 aliphatic carbocycles. The van der Waals surface area contributed by atoms with Gasteiger partial charge in [-0.3, -0.25) is 9.59 Å². The molecular weight excluding hydrogens is 396 g/mol. The number of rotatable bonds is 6. The van der Waals surface area contributed by atoms with Crippen molar-refractivity contribution >= 4 is 33.1 Å². The van der Waals surface area contributed by atoms with Crippen LogP contribution in [0.15, 0.2) is 59.2 Å². The van der Waals surface area contributed by atoms with Crippen molar-refractivity contribution < 1.29 is 27.9 Å². The second kappa shape index (κ2) is 7.69. The Labute approximate surface area is 168 Å². The molecule has 0 fully saturated rings. The number of imide groups is 1. The van der Waals surface area contributed by atoms with Gasteiger partial charge < -0.3 is 9.84 Å². The van der Waals surface area contributed by atoms with Crippen LogP contribution in [0.3, 0.4) is 0 Å². The molecule has 3 rings (SSSR count). The first kappa shape index (κ1) is 20.6. The van der Waals surface area contributed by atoms with Gasteiger partial charge in [0.2, 0.25) is 10.0 Å². The summed E-state index contributed by atoms with van der Waals surface area (Å²) in [4.78, 5) is 25.9. The summed E-state index contributed by atoms with van der Waals surface area (Å²) in [6.07, 6.45) is 0. The number of hydrogen-bond acceptors (Lipinski definition) is 6. The molecule has 0 saturated heterocycles. The summed E-state index contributed by atoms with van der Waals surface area (Å²) in [5.41, 5.74) is 0.341. The van der Waals surface area contributed by atoms with Gasteiger partial charge in [-0.15, -0.1) is 0 Å². The minimum Gasteiger partial charge on any atom is -0.502 e. The fourth-order valence-corrected chi connectivity index (χ4v) is 3.29. The van der Waals surface area contributed by atoms with Crippen LogP contribution in [0, 0.1) is 5.92 Å². The number of amides is 2. The van der Waals surface area contributed by atoms with Crippen LogP contribution in [0.25, 0.3) is 5.57 Å². The van der Waals surface area contributed by atoms with Gasteiger partial charge in [-0.25, -0.2) is 18.5 Å². The van der Waals surface area contributed by atoms with Gasteiger partial charge >= 0.3 is 5.91 Å². The Morgan fingerprint density at radius 1 is 1.00 bits per heavy atom. The third kappa shape index (κ3) is 4.15. The van der Waals surface area contributed by atoms with Crippen molar-refractivity contribution in [2.75, 3.05) is 11.5 Å². The number of nitrogens with zero attached hydrogens (tertiary/aromatic N) is 1. The standard InChI is InChI=1S/C20H20N2O6S/c1-12(2)11-28-15-7-3-13(4-8-15)17-18(23)20(25)22(19(17)24)14-5-9-16(10-6-14)29(21,26)27/h3-10,12,23H,11H2,1-2H3,(H2,21,26,27). The molecule has 2 aromatic rings. The van der Waals surface area contributed by atoms with Crippen LogP contribution in [0.4, 0.5) is 5.69 Å². The maximum Gasteiger partial charge on any atom is 0.301 e. The zero-order chi connectivity index (χ0) is 21.3. The average Bonchev–Trinajstić information content (AvgIpc) is 2.89. The number of nitrogens with two attached hydrogens (primary N) is 1. The van der Waals surface area contributed by atoms with Gasteiger partial charge in [0.15, 0.2) is 5.76 Å².